The third-order valence-corrected chi connectivity index (χ3v) is 3.68. The third kappa shape index (κ3) is 2.19. The molecule has 2 heterocycles. The van der Waals surface area contributed by atoms with Gasteiger partial charge in [0.1, 0.15) is 0 Å². The second-order valence-corrected chi connectivity index (χ2v) is 5.14. The van der Waals surface area contributed by atoms with Crippen molar-refractivity contribution >= 4 is 21.8 Å². The van der Waals surface area contributed by atoms with Crippen molar-refractivity contribution in [1.29, 1.82) is 0 Å². The molecule has 2 nitrogen and oxygen atoms in total. The summed E-state index contributed by atoms with van der Waals surface area (Å²) in [5.41, 5.74) is 3.21. The molecule has 0 fully saturated rings. The minimum absolute atomic E-state index is 0.508. The fraction of sp³-hybridized carbons (Fsp3) is 0.294. The van der Waals surface area contributed by atoms with Crippen LogP contribution in [0.4, 0.5) is 0 Å². The van der Waals surface area contributed by atoms with Crippen molar-refractivity contribution in [2.24, 2.45) is 0 Å². The lowest BCUT2D eigenvalue weighted by atomic mass is 10.0. The average molecular weight is 250 g/mol. The van der Waals surface area contributed by atoms with Crippen LogP contribution in [0.3, 0.4) is 0 Å². The second kappa shape index (κ2) is 4.96. The van der Waals surface area contributed by atoms with Gasteiger partial charge in [0.25, 0.3) is 0 Å². The predicted molar refractivity (Wildman–Crippen MR) is 80.4 cm³/mol. The van der Waals surface area contributed by atoms with Gasteiger partial charge in [-0.3, -0.25) is 9.97 Å². The van der Waals surface area contributed by atoms with E-state index in [1.807, 2.05) is 12.3 Å². The van der Waals surface area contributed by atoms with E-state index in [9.17, 15) is 0 Å². The van der Waals surface area contributed by atoms with E-state index in [-0.39, 0.29) is 0 Å². The van der Waals surface area contributed by atoms with E-state index in [2.05, 4.69) is 49.2 Å². The first-order valence-electron chi connectivity index (χ1n) is 6.94. The van der Waals surface area contributed by atoms with Crippen LogP contribution in [-0.2, 0) is 0 Å². The Kier molecular flexibility index (Phi) is 3.16. The largest absolute Gasteiger partial charge is 0.254 e. The molecule has 1 aromatic carbocycles. The molecule has 0 bridgehead atoms. The lowest BCUT2D eigenvalue weighted by Crippen LogP contribution is -1.97. The normalized spacial score (nSPS) is 12.9. The van der Waals surface area contributed by atoms with Gasteiger partial charge in [0.2, 0.25) is 0 Å². The lowest BCUT2D eigenvalue weighted by molar-refractivity contribution is 0.650. The molecule has 3 rings (SSSR count). The Balaban J connectivity index is 2.22. The van der Waals surface area contributed by atoms with Crippen LogP contribution < -0.4 is 0 Å². The average Bonchev–Trinajstić information content (AvgIpc) is 2.47. The SMILES string of the molecule is CCCC(C)c1ccc2ccc3cccnc3c2n1. The molecule has 1 atom stereocenters. The Morgan fingerprint density at radius 2 is 1.74 bits per heavy atom. The summed E-state index contributed by atoms with van der Waals surface area (Å²) >= 11 is 0. The van der Waals surface area contributed by atoms with Crippen LogP contribution in [0.25, 0.3) is 21.8 Å². The van der Waals surface area contributed by atoms with Crippen LogP contribution in [0.2, 0.25) is 0 Å². The number of hydrogen-bond donors (Lipinski definition) is 0. The standard InChI is InChI=1S/C17H18N2/c1-3-5-12(2)15-10-9-14-8-7-13-6-4-11-18-16(13)17(14)19-15/h4,6-12H,3,5H2,1-2H3. The molecule has 2 heteroatoms. The molecule has 2 aromatic heterocycles. The highest BCUT2D eigenvalue weighted by molar-refractivity contribution is 6.02. The molecule has 0 amide bonds. The number of aromatic nitrogens is 2. The van der Waals surface area contributed by atoms with E-state index < -0.39 is 0 Å². The fourth-order valence-electron chi connectivity index (χ4n) is 2.59. The maximum Gasteiger partial charge on any atom is 0.0967 e. The van der Waals surface area contributed by atoms with Gasteiger partial charge in [0, 0.05) is 22.7 Å². The summed E-state index contributed by atoms with van der Waals surface area (Å²) in [5, 5.41) is 2.32. The first kappa shape index (κ1) is 12.1. The first-order chi connectivity index (χ1) is 9.29. The quantitative estimate of drug-likeness (QED) is 0.630. The van der Waals surface area contributed by atoms with Gasteiger partial charge in [-0.25, -0.2) is 0 Å². The van der Waals surface area contributed by atoms with Gasteiger partial charge in [-0.15, -0.1) is 0 Å². The zero-order valence-corrected chi connectivity index (χ0v) is 11.4. The van der Waals surface area contributed by atoms with E-state index in [4.69, 9.17) is 4.98 Å². The molecular weight excluding hydrogens is 232 g/mol. The molecule has 3 aromatic rings. The number of pyridine rings is 2. The summed E-state index contributed by atoms with van der Waals surface area (Å²) in [6.45, 7) is 4.46. The Labute approximate surface area is 113 Å². The highest BCUT2D eigenvalue weighted by atomic mass is 14.8. The van der Waals surface area contributed by atoms with E-state index in [1.165, 1.54) is 23.9 Å². The molecule has 0 radical (unpaired) electrons. The van der Waals surface area contributed by atoms with E-state index in [1.54, 1.807) is 0 Å². The highest BCUT2D eigenvalue weighted by Gasteiger charge is 2.09. The number of fused-ring (bicyclic) bond motifs is 3. The summed E-state index contributed by atoms with van der Waals surface area (Å²) in [6.07, 6.45) is 4.21. The molecule has 0 aliphatic heterocycles. The smallest absolute Gasteiger partial charge is 0.0967 e. The van der Waals surface area contributed by atoms with E-state index in [0.717, 1.165) is 16.4 Å². The predicted octanol–water partition coefficient (Wildman–Crippen LogP) is 4.69. The minimum atomic E-state index is 0.508. The van der Waals surface area contributed by atoms with Crippen molar-refractivity contribution < 1.29 is 0 Å². The summed E-state index contributed by atoms with van der Waals surface area (Å²) in [4.78, 5) is 9.35. The van der Waals surface area contributed by atoms with Gasteiger partial charge < -0.3 is 0 Å². The molecule has 1 unspecified atom stereocenters. The number of benzene rings is 1. The van der Waals surface area contributed by atoms with Gasteiger partial charge in [0.15, 0.2) is 0 Å². The zero-order valence-electron chi connectivity index (χ0n) is 11.4. The molecular formula is C17H18N2. The van der Waals surface area contributed by atoms with Crippen molar-refractivity contribution in [1.82, 2.24) is 9.97 Å². The lowest BCUT2D eigenvalue weighted by Gasteiger charge is -2.11. The Hall–Kier alpha value is -1.96. The van der Waals surface area contributed by atoms with Crippen LogP contribution in [-0.4, -0.2) is 9.97 Å². The first-order valence-corrected chi connectivity index (χ1v) is 6.94. The van der Waals surface area contributed by atoms with Gasteiger partial charge in [-0.1, -0.05) is 44.5 Å². The van der Waals surface area contributed by atoms with Crippen LogP contribution in [0.5, 0.6) is 0 Å². The minimum Gasteiger partial charge on any atom is -0.254 e. The summed E-state index contributed by atoms with van der Waals surface area (Å²) in [6, 6.07) is 12.6. The van der Waals surface area contributed by atoms with E-state index in [0.29, 0.717) is 5.92 Å². The van der Waals surface area contributed by atoms with Crippen molar-refractivity contribution in [2.75, 3.05) is 0 Å². The summed E-state index contributed by atoms with van der Waals surface area (Å²) in [5.74, 6) is 0.508. The molecule has 19 heavy (non-hydrogen) atoms. The van der Waals surface area contributed by atoms with Crippen molar-refractivity contribution in [3.05, 3.63) is 48.3 Å². The van der Waals surface area contributed by atoms with Gasteiger partial charge in [-0.05, 0) is 24.5 Å². The Morgan fingerprint density at radius 1 is 1.00 bits per heavy atom. The van der Waals surface area contributed by atoms with Crippen molar-refractivity contribution in [3.63, 3.8) is 0 Å². The topological polar surface area (TPSA) is 25.8 Å². The third-order valence-electron chi connectivity index (χ3n) is 3.68. The summed E-state index contributed by atoms with van der Waals surface area (Å²) < 4.78 is 0. The maximum atomic E-state index is 4.86. The second-order valence-electron chi connectivity index (χ2n) is 5.14. The molecule has 0 saturated heterocycles. The fourth-order valence-corrected chi connectivity index (χ4v) is 2.59. The Bertz CT molecular complexity index is 719. The van der Waals surface area contributed by atoms with Crippen molar-refractivity contribution in [2.45, 2.75) is 32.6 Å². The van der Waals surface area contributed by atoms with Gasteiger partial charge in [-0.2, -0.15) is 0 Å². The maximum absolute atomic E-state index is 4.86. The molecule has 0 aliphatic carbocycles. The number of hydrogen-bond acceptors (Lipinski definition) is 2. The molecule has 0 N–H and O–H groups in total. The van der Waals surface area contributed by atoms with Crippen LogP contribution in [0.15, 0.2) is 42.6 Å². The van der Waals surface area contributed by atoms with Crippen molar-refractivity contribution in [3.8, 4) is 0 Å². The molecule has 0 saturated carbocycles. The highest BCUT2D eigenvalue weighted by Crippen LogP contribution is 2.25. The monoisotopic (exact) mass is 250 g/mol. The summed E-state index contributed by atoms with van der Waals surface area (Å²) in [7, 11) is 0. The van der Waals surface area contributed by atoms with Crippen LogP contribution in [0.1, 0.15) is 38.3 Å². The van der Waals surface area contributed by atoms with Gasteiger partial charge >= 0.3 is 0 Å². The Morgan fingerprint density at radius 3 is 2.53 bits per heavy atom. The van der Waals surface area contributed by atoms with Crippen LogP contribution >= 0.6 is 0 Å². The molecule has 96 valence electrons. The molecule has 0 aliphatic rings. The van der Waals surface area contributed by atoms with Gasteiger partial charge in [0.05, 0.1) is 11.0 Å². The van der Waals surface area contributed by atoms with E-state index >= 15 is 0 Å². The number of rotatable bonds is 3. The zero-order chi connectivity index (χ0) is 13.2. The molecule has 0 spiro atoms. The van der Waals surface area contributed by atoms with Crippen LogP contribution in [0, 0.1) is 0 Å². The number of nitrogens with zero attached hydrogens (tertiary/aromatic N) is 2.